The van der Waals surface area contributed by atoms with E-state index in [0.717, 1.165) is 43.9 Å². The molecule has 1 saturated heterocycles. The maximum absolute atomic E-state index is 6.02. The van der Waals surface area contributed by atoms with Crippen molar-refractivity contribution < 1.29 is 14.0 Å². The van der Waals surface area contributed by atoms with Gasteiger partial charge in [-0.25, -0.2) is 0 Å². The van der Waals surface area contributed by atoms with Crippen molar-refractivity contribution >= 4 is 5.95 Å². The summed E-state index contributed by atoms with van der Waals surface area (Å²) in [6.45, 7) is 3.76. The van der Waals surface area contributed by atoms with Gasteiger partial charge in [-0.1, -0.05) is 6.92 Å². The molecule has 0 radical (unpaired) electrons. The van der Waals surface area contributed by atoms with E-state index in [-0.39, 0.29) is 6.10 Å². The van der Waals surface area contributed by atoms with Gasteiger partial charge in [0.2, 0.25) is 5.89 Å². The van der Waals surface area contributed by atoms with E-state index in [1.807, 2.05) is 31.2 Å². The number of aromatic nitrogens is 2. The molecule has 0 spiro atoms. The minimum absolute atomic E-state index is 0.224. The van der Waals surface area contributed by atoms with Crippen LogP contribution in [0.2, 0.25) is 0 Å². The third-order valence-corrected chi connectivity index (χ3v) is 3.85. The highest BCUT2D eigenvalue weighted by Gasteiger charge is 2.23. The van der Waals surface area contributed by atoms with E-state index >= 15 is 0 Å². The second-order valence-corrected chi connectivity index (χ2v) is 5.32. The summed E-state index contributed by atoms with van der Waals surface area (Å²) in [6.07, 6.45) is 2.89. The van der Waals surface area contributed by atoms with E-state index in [1.54, 1.807) is 7.11 Å². The predicted molar refractivity (Wildman–Crippen MR) is 82.5 cm³/mol. The summed E-state index contributed by atoms with van der Waals surface area (Å²) in [4.78, 5) is 6.52. The lowest BCUT2D eigenvalue weighted by molar-refractivity contribution is 0.170. The highest BCUT2D eigenvalue weighted by Crippen LogP contribution is 2.23. The number of rotatable bonds is 5. The van der Waals surface area contributed by atoms with Crippen molar-refractivity contribution in [2.75, 3.05) is 25.1 Å². The number of piperidine rings is 1. The average molecular weight is 303 g/mol. The third kappa shape index (κ3) is 3.32. The molecule has 6 nitrogen and oxygen atoms in total. The summed E-state index contributed by atoms with van der Waals surface area (Å²) in [5.74, 6) is 3.10. The zero-order valence-electron chi connectivity index (χ0n) is 13.0. The van der Waals surface area contributed by atoms with E-state index in [4.69, 9.17) is 14.0 Å². The normalized spacial score (nSPS) is 15.8. The lowest BCUT2D eigenvalue weighted by atomic mass is 10.1. The Balaban J connectivity index is 1.52. The van der Waals surface area contributed by atoms with Crippen molar-refractivity contribution in [1.82, 2.24) is 10.1 Å². The van der Waals surface area contributed by atoms with Crippen LogP contribution in [0.4, 0.5) is 5.95 Å². The summed E-state index contributed by atoms with van der Waals surface area (Å²) in [5, 5.41) is 4.02. The molecule has 1 fully saturated rings. The first kappa shape index (κ1) is 14.7. The maximum atomic E-state index is 6.02. The highest BCUT2D eigenvalue weighted by molar-refractivity contribution is 5.32. The van der Waals surface area contributed by atoms with Gasteiger partial charge in [0.05, 0.1) is 7.11 Å². The molecule has 0 unspecified atom stereocenters. The van der Waals surface area contributed by atoms with E-state index in [9.17, 15) is 0 Å². The summed E-state index contributed by atoms with van der Waals surface area (Å²) in [5.41, 5.74) is 0. The van der Waals surface area contributed by atoms with Gasteiger partial charge in [-0.05, 0) is 29.4 Å². The molecule has 1 aliphatic heterocycles. The molecule has 2 heterocycles. The number of hydrogen-bond donors (Lipinski definition) is 0. The smallest absolute Gasteiger partial charge is 0.266 e. The molecule has 1 aliphatic rings. The molecule has 1 aromatic heterocycles. The summed E-state index contributed by atoms with van der Waals surface area (Å²) in [7, 11) is 1.66. The molecule has 0 aliphatic carbocycles. The minimum Gasteiger partial charge on any atom is -0.497 e. The van der Waals surface area contributed by atoms with E-state index in [2.05, 4.69) is 15.0 Å². The van der Waals surface area contributed by atoms with Crippen LogP contribution in [0, 0.1) is 0 Å². The fourth-order valence-corrected chi connectivity index (χ4v) is 2.54. The number of nitrogens with zero attached hydrogens (tertiary/aromatic N) is 3. The van der Waals surface area contributed by atoms with E-state index in [1.165, 1.54) is 0 Å². The van der Waals surface area contributed by atoms with Gasteiger partial charge in [0.15, 0.2) is 0 Å². The Morgan fingerprint density at radius 1 is 1.18 bits per heavy atom. The Bertz CT molecular complexity index is 589. The van der Waals surface area contributed by atoms with Crippen LogP contribution in [0.25, 0.3) is 0 Å². The second-order valence-electron chi connectivity index (χ2n) is 5.32. The monoisotopic (exact) mass is 303 g/mol. The fourth-order valence-electron chi connectivity index (χ4n) is 2.54. The topological polar surface area (TPSA) is 60.6 Å². The molecule has 0 atom stereocenters. The minimum atomic E-state index is 0.224. The van der Waals surface area contributed by atoms with Gasteiger partial charge >= 0.3 is 0 Å². The van der Waals surface area contributed by atoms with Gasteiger partial charge in [-0.3, -0.25) is 0 Å². The first-order valence-electron chi connectivity index (χ1n) is 7.66. The van der Waals surface area contributed by atoms with E-state index < -0.39 is 0 Å². The van der Waals surface area contributed by atoms with Crippen LogP contribution >= 0.6 is 0 Å². The average Bonchev–Trinajstić information content (AvgIpc) is 3.05. The number of aryl methyl sites for hydroxylation is 1. The molecule has 118 valence electrons. The number of benzene rings is 1. The lowest BCUT2D eigenvalue weighted by Crippen LogP contribution is -2.38. The first-order valence-corrected chi connectivity index (χ1v) is 7.66. The standard InChI is InChI=1S/C16H21N3O3/c1-3-15-17-16(18-22-15)19-10-8-14(9-11-19)21-13-6-4-12(20-2)5-7-13/h4-7,14H,3,8-11H2,1-2H3. The Labute approximate surface area is 130 Å². The van der Waals surface area contributed by atoms with Crippen LogP contribution in [-0.2, 0) is 6.42 Å². The van der Waals surface area contributed by atoms with Crippen LogP contribution < -0.4 is 14.4 Å². The quantitative estimate of drug-likeness (QED) is 0.846. The molecule has 0 amide bonds. The predicted octanol–water partition coefficient (Wildman–Crippen LogP) is 2.69. The number of ether oxygens (including phenoxy) is 2. The maximum Gasteiger partial charge on any atom is 0.266 e. The molecular formula is C16H21N3O3. The van der Waals surface area contributed by atoms with Gasteiger partial charge in [0.25, 0.3) is 5.95 Å². The Morgan fingerprint density at radius 3 is 2.45 bits per heavy atom. The Hall–Kier alpha value is -2.24. The number of anilines is 1. The van der Waals surface area contributed by atoms with Gasteiger partial charge in [-0.2, -0.15) is 4.98 Å². The fraction of sp³-hybridized carbons (Fsp3) is 0.500. The Kier molecular flexibility index (Phi) is 4.46. The van der Waals surface area contributed by atoms with Crippen LogP contribution in [0.15, 0.2) is 28.8 Å². The molecule has 1 aromatic carbocycles. The molecule has 22 heavy (non-hydrogen) atoms. The number of methoxy groups -OCH3 is 1. The largest absolute Gasteiger partial charge is 0.497 e. The second kappa shape index (κ2) is 6.68. The van der Waals surface area contributed by atoms with Gasteiger partial charge < -0.3 is 18.9 Å². The number of hydrogen-bond acceptors (Lipinski definition) is 6. The van der Waals surface area contributed by atoms with Crippen molar-refractivity contribution in [1.29, 1.82) is 0 Å². The van der Waals surface area contributed by atoms with Crippen molar-refractivity contribution in [3.63, 3.8) is 0 Å². The van der Waals surface area contributed by atoms with Crippen LogP contribution in [0.1, 0.15) is 25.7 Å². The molecule has 2 aromatic rings. The van der Waals surface area contributed by atoms with E-state index in [0.29, 0.717) is 11.8 Å². The summed E-state index contributed by atoms with van der Waals surface area (Å²) >= 11 is 0. The van der Waals surface area contributed by atoms with Crippen LogP contribution in [-0.4, -0.2) is 36.4 Å². The lowest BCUT2D eigenvalue weighted by Gasteiger charge is -2.31. The molecular weight excluding hydrogens is 282 g/mol. The molecule has 0 saturated carbocycles. The van der Waals surface area contributed by atoms with Crippen LogP contribution in [0.5, 0.6) is 11.5 Å². The SMILES string of the molecule is CCc1nc(N2CCC(Oc3ccc(OC)cc3)CC2)no1. The molecule has 6 heteroatoms. The van der Waals surface area contributed by atoms with Crippen LogP contribution in [0.3, 0.4) is 0 Å². The third-order valence-electron chi connectivity index (χ3n) is 3.85. The zero-order chi connectivity index (χ0) is 15.4. The van der Waals surface area contributed by atoms with Crippen molar-refractivity contribution in [3.8, 4) is 11.5 Å². The Morgan fingerprint density at radius 2 is 1.86 bits per heavy atom. The highest BCUT2D eigenvalue weighted by atomic mass is 16.5. The van der Waals surface area contributed by atoms with Gasteiger partial charge in [0.1, 0.15) is 17.6 Å². The van der Waals surface area contributed by atoms with Crippen molar-refractivity contribution in [2.45, 2.75) is 32.3 Å². The molecule has 0 bridgehead atoms. The zero-order valence-corrected chi connectivity index (χ0v) is 13.0. The molecule has 0 N–H and O–H groups in total. The summed E-state index contributed by atoms with van der Waals surface area (Å²) < 4.78 is 16.3. The molecule has 3 rings (SSSR count). The van der Waals surface area contributed by atoms with Gasteiger partial charge in [-0.15, -0.1) is 0 Å². The summed E-state index contributed by atoms with van der Waals surface area (Å²) in [6, 6.07) is 7.71. The van der Waals surface area contributed by atoms with Crippen molar-refractivity contribution in [2.24, 2.45) is 0 Å². The van der Waals surface area contributed by atoms with Crippen molar-refractivity contribution in [3.05, 3.63) is 30.2 Å². The van der Waals surface area contributed by atoms with Gasteiger partial charge in [0, 0.05) is 32.4 Å². The first-order chi connectivity index (χ1) is 10.8.